The fourth-order valence-electron chi connectivity index (χ4n) is 4.79. The predicted octanol–water partition coefficient (Wildman–Crippen LogP) is 3.02. The van der Waals surface area contributed by atoms with Crippen LogP contribution in [0.4, 0.5) is 0 Å². The molecule has 1 unspecified atom stereocenters. The van der Waals surface area contributed by atoms with E-state index in [9.17, 15) is 0 Å². The lowest BCUT2D eigenvalue weighted by Crippen LogP contribution is -2.43. The molecule has 22 heavy (non-hydrogen) atoms. The minimum atomic E-state index is 0.767. The van der Waals surface area contributed by atoms with Crippen molar-refractivity contribution in [2.75, 3.05) is 26.7 Å². The maximum absolute atomic E-state index is 4.27. The van der Waals surface area contributed by atoms with Crippen LogP contribution in [0.15, 0.2) is 24.5 Å². The van der Waals surface area contributed by atoms with Crippen molar-refractivity contribution in [1.29, 1.82) is 0 Å². The van der Waals surface area contributed by atoms with Crippen LogP contribution in [0.2, 0.25) is 0 Å². The second-order valence-electron chi connectivity index (χ2n) is 7.86. The lowest BCUT2D eigenvalue weighted by molar-refractivity contribution is 0.105. The highest BCUT2D eigenvalue weighted by Gasteiger charge is 2.42. The average molecular weight is 299 g/mol. The summed E-state index contributed by atoms with van der Waals surface area (Å²) in [6.45, 7) is 5.15. The molecule has 0 spiro atoms. The van der Waals surface area contributed by atoms with Gasteiger partial charge in [0.25, 0.3) is 0 Å². The van der Waals surface area contributed by atoms with Crippen LogP contribution in [0.5, 0.6) is 0 Å². The Hall–Kier alpha value is -0.930. The van der Waals surface area contributed by atoms with E-state index >= 15 is 0 Å². The number of aromatic nitrogens is 1. The van der Waals surface area contributed by atoms with Crippen molar-refractivity contribution in [3.05, 3.63) is 30.1 Å². The van der Waals surface area contributed by atoms with Gasteiger partial charge in [-0.05, 0) is 62.1 Å². The van der Waals surface area contributed by atoms with Crippen molar-refractivity contribution in [2.24, 2.45) is 17.8 Å². The van der Waals surface area contributed by atoms with Gasteiger partial charge in [-0.1, -0.05) is 12.5 Å². The van der Waals surface area contributed by atoms with E-state index < -0.39 is 0 Å². The van der Waals surface area contributed by atoms with Crippen LogP contribution < -0.4 is 0 Å². The van der Waals surface area contributed by atoms with Crippen molar-refractivity contribution >= 4 is 0 Å². The average Bonchev–Trinajstić information content (AvgIpc) is 3.24. The number of hydrogen-bond donors (Lipinski definition) is 0. The summed E-state index contributed by atoms with van der Waals surface area (Å²) in [7, 11) is 2.32. The normalized spacial score (nSPS) is 32.4. The van der Waals surface area contributed by atoms with Crippen LogP contribution >= 0.6 is 0 Å². The van der Waals surface area contributed by atoms with Crippen molar-refractivity contribution in [1.82, 2.24) is 14.8 Å². The van der Waals surface area contributed by atoms with Gasteiger partial charge in [-0.15, -0.1) is 0 Å². The van der Waals surface area contributed by atoms with Gasteiger partial charge in [-0.2, -0.15) is 0 Å². The number of likely N-dealkylation sites (tertiary alicyclic amines) is 1. The van der Waals surface area contributed by atoms with E-state index in [-0.39, 0.29) is 0 Å². The van der Waals surface area contributed by atoms with E-state index in [4.69, 9.17) is 0 Å². The molecule has 0 amide bonds. The van der Waals surface area contributed by atoms with E-state index in [0.717, 1.165) is 30.3 Å². The summed E-state index contributed by atoms with van der Waals surface area (Å²) in [4.78, 5) is 9.65. The lowest BCUT2D eigenvalue weighted by Gasteiger charge is -2.39. The number of hydrogen-bond acceptors (Lipinski definition) is 3. The third-order valence-electron chi connectivity index (χ3n) is 6.07. The number of fused-ring (bicyclic) bond motifs is 1. The number of nitrogens with zero attached hydrogens (tertiary/aromatic N) is 3. The van der Waals surface area contributed by atoms with Gasteiger partial charge in [0, 0.05) is 44.6 Å². The molecule has 3 atom stereocenters. The lowest BCUT2D eigenvalue weighted by atomic mass is 9.77. The van der Waals surface area contributed by atoms with Gasteiger partial charge in [0.15, 0.2) is 0 Å². The quantitative estimate of drug-likeness (QED) is 0.833. The standard InChI is InChI=1S/C19H29N3/c1-21(11-16-4-3-9-20-10-16)19-6-2-5-17-13-22(14-18(17)19)12-15-7-8-15/h3-4,9-10,15,17-19H,2,5-8,11-14H2,1H3/t17-,18+,19?/m1/s1. The van der Waals surface area contributed by atoms with Crippen molar-refractivity contribution < 1.29 is 0 Å². The Morgan fingerprint density at radius 3 is 2.91 bits per heavy atom. The molecule has 3 nitrogen and oxygen atoms in total. The van der Waals surface area contributed by atoms with Gasteiger partial charge < -0.3 is 4.90 Å². The highest BCUT2D eigenvalue weighted by Crippen LogP contribution is 2.40. The molecule has 0 radical (unpaired) electrons. The molecule has 0 aromatic carbocycles. The summed E-state index contributed by atoms with van der Waals surface area (Å²) in [6.07, 6.45) is 11.1. The number of pyridine rings is 1. The van der Waals surface area contributed by atoms with Gasteiger partial charge in [0.2, 0.25) is 0 Å². The van der Waals surface area contributed by atoms with Crippen molar-refractivity contribution in [3.63, 3.8) is 0 Å². The Labute approximate surface area is 134 Å². The smallest absolute Gasteiger partial charge is 0.0312 e. The monoisotopic (exact) mass is 299 g/mol. The summed E-state index contributed by atoms with van der Waals surface area (Å²) in [5.74, 6) is 2.88. The van der Waals surface area contributed by atoms with Gasteiger partial charge >= 0.3 is 0 Å². The SMILES string of the molecule is CN(Cc1cccnc1)C1CCC[C@@H]2CN(CC3CC3)C[C@H]12. The van der Waals surface area contributed by atoms with E-state index in [1.165, 1.54) is 57.3 Å². The molecule has 2 saturated carbocycles. The third kappa shape index (κ3) is 3.21. The molecule has 0 bridgehead atoms. The van der Waals surface area contributed by atoms with Gasteiger partial charge in [0.1, 0.15) is 0 Å². The molecule has 2 aliphatic carbocycles. The fourth-order valence-corrected chi connectivity index (χ4v) is 4.79. The Kier molecular flexibility index (Phi) is 4.19. The summed E-state index contributed by atoms with van der Waals surface area (Å²) in [5.41, 5.74) is 1.35. The molecular weight excluding hydrogens is 270 g/mol. The van der Waals surface area contributed by atoms with Gasteiger partial charge in [-0.25, -0.2) is 0 Å². The molecule has 3 fully saturated rings. The summed E-state index contributed by atoms with van der Waals surface area (Å²) in [6, 6.07) is 5.03. The first-order chi connectivity index (χ1) is 10.8. The molecule has 4 rings (SSSR count). The summed E-state index contributed by atoms with van der Waals surface area (Å²) >= 11 is 0. The molecule has 1 aromatic rings. The van der Waals surface area contributed by atoms with E-state index in [1.54, 1.807) is 0 Å². The van der Waals surface area contributed by atoms with Crippen LogP contribution in [-0.2, 0) is 6.54 Å². The Morgan fingerprint density at radius 1 is 1.23 bits per heavy atom. The zero-order chi connectivity index (χ0) is 14.9. The zero-order valence-corrected chi connectivity index (χ0v) is 13.8. The molecule has 3 heteroatoms. The van der Waals surface area contributed by atoms with Crippen LogP contribution in [0, 0.1) is 17.8 Å². The molecule has 1 aliphatic heterocycles. The largest absolute Gasteiger partial charge is 0.302 e. The van der Waals surface area contributed by atoms with E-state index in [2.05, 4.69) is 34.0 Å². The highest BCUT2D eigenvalue weighted by molar-refractivity contribution is 5.09. The Balaban J connectivity index is 1.39. The summed E-state index contributed by atoms with van der Waals surface area (Å²) < 4.78 is 0. The molecule has 3 aliphatic rings. The summed E-state index contributed by atoms with van der Waals surface area (Å²) in [5, 5.41) is 0. The molecule has 1 saturated heterocycles. The molecule has 120 valence electrons. The van der Waals surface area contributed by atoms with Crippen LogP contribution in [0.1, 0.15) is 37.7 Å². The fraction of sp³-hybridized carbons (Fsp3) is 0.737. The van der Waals surface area contributed by atoms with Crippen molar-refractivity contribution in [2.45, 2.75) is 44.7 Å². The highest BCUT2D eigenvalue weighted by atomic mass is 15.2. The maximum atomic E-state index is 4.27. The number of rotatable bonds is 5. The zero-order valence-electron chi connectivity index (χ0n) is 13.8. The second kappa shape index (κ2) is 6.29. The van der Waals surface area contributed by atoms with Crippen molar-refractivity contribution in [3.8, 4) is 0 Å². The topological polar surface area (TPSA) is 19.4 Å². The van der Waals surface area contributed by atoms with E-state index in [1.807, 2.05) is 12.4 Å². The van der Waals surface area contributed by atoms with Gasteiger partial charge in [-0.3, -0.25) is 9.88 Å². The molecular formula is C19H29N3. The predicted molar refractivity (Wildman–Crippen MR) is 89.5 cm³/mol. The minimum Gasteiger partial charge on any atom is -0.302 e. The Bertz CT molecular complexity index is 485. The minimum absolute atomic E-state index is 0.767. The van der Waals surface area contributed by atoms with E-state index in [0.29, 0.717) is 0 Å². The molecule has 0 N–H and O–H groups in total. The first-order valence-electron chi connectivity index (χ1n) is 9.11. The van der Waals surface area contributed by atoms with Crippen LogP contribution in [0.25, 0.3) is 0 Å². The molecule has 1 aromatic heterocycles. The third-order valence-corrected chi connectivity index (χ3v) is 6.07. The molecule has 2 heterocycles. The first-order valence-corrected chi connectivity index (χ1v) is 9.11. The second-order valence-corrected chi connectivity index (χ2v) is 7.86. The maximum Gasteiger partial charge on any atom is 0.0312 e. The first kappa shape index (κ1) is 14.6. The Morgan fingerprint density at radius 2 is 2.14 bits per heavy atom. The van der Waals surface area contributed by atoms with Crippen LogP contribution in [-0.4, -0.2) is 47.5 Å². The van der Waals surface area contributed by atoms with Crippen LogP contribution in [0.3, 0.4) is 0 Å². The van der Waals surface area contributed by atoms with Gasteiger partial charge in [0.05, 0.1) is 0 Å².